The summed E-state index contributed by atoms with van der Waals surface area (Å²) in [6.07, 6.45) is 5.85. The number of hydrogen-bond acceptors (Lipinski definition) is 2. The van der Waals surface area contributed by atoms with E-state index in [0.29, 0.717) is 21.8 Å². The molecule has 1 aromatic carbocycles. The fraction of sp³-hybridized carbons (Fsp3) is 0.533. The topological polar surface area (TPSA) is 29.5 Å². The highest BCUT2D eigenvalue weighted by Crippen LogP contribution is 2.25. The highest BCUT2D eigenvalue weighted by Gasteiger charge is 2.22. The summed E-state index contributed by atoms with van der Waals surface area (Å²) in [4.78, 5) is 13.9. The highest BCUT2D eigenvalue weighted by atomic mass is 35.5. The predicted molar refractivity (Wildman–Crippen MR) is 81.6 cm³/mol. The molecule has 1 amide bonds. The highest BCUT2D eigenvalue weighted by molar-refractivity contribution is 6.34. The zero-order valence-corrected chi connectivity index (χ0v) is 13.1. The van der Waals surface area contributed by atoms with Gasteiger partial charge in [-0.25, -0.2) is 0 Å². The van der Waals surface area contributed by atoms with Crippen molar-refractivity contribution in [1.29, 1.82) is 0 Å². The molecule has 1 aliphatic rings. The number of likely N-dealkylation sites (N-methyl/N-ethyl adjacent to an activating group) is 1. The minimum Gasteiger partial charge on any atom is -0.484 e. The Hall–Kier alpha value is -0.930. The van der Waals surface area contributed by atoms with E-state index < -0.39 is 0 Å². The molecular formula is C15H19Cl2NO2. The zero-order chi connectivity index (χ0) is 14.5. The Morgan fingerprint density at radius 2 is 1.80 bits per heavy atom. The van der Waals surface area contributed by atoms with E-state index in [1.165, 1.54) is 19.3 Å². The lowest BCUT2D eigenvalue weighted by atomic mass is 9.94. The van der Waals surface area contributed by atoms with Crippen molar-refractivity contribution in [2.45, 2.75) is 38.1 Å². The predicted octanol–water partition coefficient (Wildman–Crippen LogP) is 4.16. The van der Waals surface area contributed by atoms with Crippen molar-refractivity contribution in [1.82, 2.24) is 4.90 Å². The molecule has 0 heterocycles. The molecule has 0 aliphatic heterocycles. The van der Waals surface area contributed by atoms with E-state index in [1.807, 2.05) is 11.9 Å². The minimum atomic E-state index is -0.00648. The molecule has 20 heavy (non-hydrogen) atoms. The monoisotopic (exact) mass is 315 g/mol. The molecule has 0 saturated heterocycles. The molecule has 3 nitrogen and oxygen atoms in total. The molecule has 5 heteroatoms. The van der Waals surface area contributed by atoms with E-state index in [4.69, 9.17) is 27.9 Å². The SMILES string of the molecule is CN(C(=O)COc1cc(Cl)cc(Cl)c1)C1CCCCC1. The van der Waals surface area contributed by atoms with Crippen LogP contribution >= 0.6 is 23.2 Å². The largest absolute Gasteiger partial charge is 0.484 e. The maximum absolute atomic E-state index is 12.1. The van der Waals surface area contributed by atoms with Crippen LogP contribution < -0.4 is 4.74 Å². The first kappa shape index (κ1) is 15.5. The molecule has 0 aromatic heterocycles. The third kappa shape index (κ3) is 4.29. The van der Waals surface area contributed by atoms with Gasteiger partial charge in [-0.2, -0.15) is 0 Å². The normalized spacial score (nSPS) is 15.9. The van der Waals surface area contributed by atoms with Gasteiger partial charge in [0, 0.05) is 23.1 Å². The number of benzene rings is 1. The quantitative estimate of drug-likeness (QED) is 0.834. The first-order valence-corrected chi connectivity index (χ1v) is 7.66. The fourth-order valence-electron chi connectivity index (χ4n) is 2.53. The number of carbonyl (C=O) groups excluding carboxylic acids is 1. The lowest BCUT2D eigenvalue weighted by Crippen LogP contribution is -2.40. The van der Waals surface area contributed by atoms with Gasteiger partial charge < -0.3 is 9.64 Å². The van der Waals surface area contributed by atoms with Crippen molar-refractivity contribution in [2.75, 3.05) is 13.7 Å². The van der Waals surface area contributed by atoms with Crippen LogP contribution in [0.4, 0.5) is 0 Å². The van der Waals surface area contributed by atoms with Crippen LogP contribution in [0.25, 0.3) is 0 Å². The summed E-state index contributed by atoms with van der Waals surface area (Å²) in [5, 5.41) is 1.00. The van der Waals surface area contributed by atoms with Gasteiger partial charge in [0.2, 0.25) is 0 Å². The van der Waals surface area contributed by atoms with E-state index in [0.717, 1.165) is 12.8 Å². The molecule has 0 radical (unpaired) electrons. The Labute approximate surface area is 129 Å². The van der Waals surface area contributed by atoms with Crippen LogP contribution in [0.1, 0.15) is 32.1 Å². The Morgan fingerprint density at radius 3 is 2.40 bits per heavy atom. The first-order valence-electron chi connectivity index (χ1n) is 6.91. The van der Waals surface area contributed by atoms with Crippen LogP contribution in [0.2, 0.25) is 10.0 Å². The van der Waals surface area contributed by atoms with Crippen molar-refractivity contribution in [3.8, 4) is 5.75 Å². The average Bonchev–Trinajstić information content (AvgIpc) is 2.44. The zero-order valence-electron chi connectivity index (χ0n) is 11.6. The first-order chi connectivity index (χ1) is 9.56. The van der Waals surface area contributed by atoms with Crippen molar-refractivity contribution in [3.63, 3.8) is 0 Å². The number of hydrogen-bond donors (Lipinski definition) is 0. The summed E-state index contributed by atoms with van der Waals surface area (Å²) in [5.41, 5.74) is 0. The van der Waals surface area contributed by atoms with Gasteiger partial charge in [-0.05, 0) is 31.0 Å². The van der Waals surface area contributed by atoms with E-state index in [9.17, 15) is 4.79 Å². The number of rotatable bonds is 4. The van der Waals surface area contributed by atoms with Crippen LogP contribution in [0.15, 0.2) is 18.2 Å². The molecule has 2 rings (SSSR count). The molecule has 0 spiro atoms. The van der Waals surface area contributed by atoms with Crippen LogP contribution in [0.5, 0.6) is 5.75 Å². The van der Waals surface area contributed by atoms with E-state index in [1.54, 1.807) is 18.2 Å². The van der Waals surface area contributed by atoms with Gasteiger partial charge >= 0.3 is 0 Å². The van der Waals surface area contributed by atoms with Crippen LogP contribution in [0, 0.1) is 0 Å². The van der Waals surface area contributed by atoms with Gasteiger partial charge in [-0.1, -0.05) is 42.5 Å². The second-order valence-corrected chi connectivity index (χ2v) is 6.06. The number of amides is 1. The lowest BCUT2D eigenvalue weighted by molar-refractivity contribution is -0.134. The summed E-state index contributed by atoms with van der Waals surface area (Å²) in [6.45, 7) is 0.0175. The number of halogens is 2. The maximum atomic E-state index is 12.1. The van der Waals surface area contributed by atoms with Gasteiger partial charge in [-0.15, -0.1) is 0 Å². The van der Waals surface area contributed by atoms with Gasteiger partial charge in [0.05, 0.1) is 0 Å². The summed E-state index contributed by atoms with van der Waals surface area (Å²) in [6, 6.07) is 5.29. The summed E-state index contributed by atoms with van der Waals surface area (Å²) >= 11 is 11.8. The van der Waals surface area contributed by atoms with Crippen LogP contribution in [-0.2, 0) is 4.79 Å². The molecule has 1 aliphatic carbocycles. The molecule has 0 N–H and O–H groups in total. The number of carbonyl (C=O) groups is 1. The number of nitrogens with zero attached hydrogens (tertiary/aromatic N) is 1. The Balaban J connectivity index is 1.87. The Morgan fingerprint density at radius 1 is 1.20 bits per heavy atom. The number of ether oxygens (including phenoxy) is 1. The molecule has 0 unspecified atom stereocenters. The van der Waals surface area contributed by atoms with E-state index >= 15 is 0 Å². The van der Waals surface area contributed by atoms with E-state index in [-0.39, 0.29) is 12.5 Å². The average molecular weight is 316 g/mol. The summed E-state index contributed by atoms with van der Waals surface area (Å²) in [7, 11) is 1.85. The molecular weight excluding hydrogens is 297 g/mol. The van der Waals surface area contributed by atoms with Gasteiger partial charge in [0.15, 0.2) is 6.61 Å². The molecule has 0 atom stereocenters. The second-order valence-electron chi connectivity index (χ2n) is 5.19. The second kappa shape index (κ2) is 7.19. The third-order valence-electron chi connectivity index (χ3n) is 3.71. The standard InChI is InChI=1S/C15H19Cl2NO2/c1-18(13-5-3-2-4-6-13)15(19)10-20-14-8-11(16)7-12(17)9-14/h7-9,13H,2-6,10H2,1H3. The van der Waals surface area contributed by atoms with Gasteiger partial charge in [0.1, 0.15) is 5.75 Å². The van der Waals surface area contributed by atoms with Crippen LogP contribution in [0.3, 0.4) is 0 Å². The van der Waals surface area contributed by atoms with Crippen LogP contribution in [-0.4, -0.2) is 30.5 Å². The molecule has 1 saturated carbocycles. The molecule has 0 bridgehead atoms. The molecule has 1 fully saturated rings. The Kier molecular flexibility index (Phi) is 5.55. The minimum absolute atomic E-state index is 0.00648. The smallest absolute Gasteiger partial charge is 0.260 e. The molecule has 1 aromatic rings. The van der Waals surface area contributed by atoms with E-state index in [2.05, 4.69) is 0 Å². The molecule has 110 valence electrons. The van der Waals surface area contributed by atoms with Gasteiger partial charge in [-0.3, -0.25) is 4.79 Å². The summed E-state index contributed by atoms with van der Waals surface area (Å²) < 4.78 is 5.48. The van der Waals surface area contributed by atoms with Crippen molar-refractivity contribution >= 4 is 29.1 Å². The lowest BCUT2D eigenvalue weighted by Gasteiger charge is -2.31. The maximum Gasteiger partial charge on any atom is 0.260 e. The van der Waals surface area contributed by atoms with Crippen molar-refractivity contribution in [3.05, 3.63) is 28.2 Å². The Bertz CT molecular complexity index is 453. The van der Waals surface area contributed by atoms with Crippen molar-refractivity contribution < 1.29 is 9.53 Å². The van der Waals surface area contributed by atoms with Gasteiger partial charge in [0.25, 0.3) is 5.91 Å². The third-order valence-corrected chi connectivity index (χ3v) is 4.15. The fourth-order valence-corrected chi connectivity index (χ4v) is 3.04. The summed E-state index contributed by atoms with van der Waals surface area (Å²) in [5.74, 6) is 0.515. The van der Waals surface area contributed by atoms with Crippen molar-refractivity contribution in [2.24, 2.45) is 0 Å².